The van der Waals surface area contributed by atoms with E-state index in [4.69, 9.17) is 0 Å². The molecule has 194 valence electrons. The zero-order chi connectivity index (χ0) is 26.9. The number of hydrogen-bond donors (Lipinski definition) is 1. The van der Waals surface area contributed by atoms with Crippen molar-refractivity contribution in [1.82, 2.24) is 19.3 Å². The molecular weight excluding hydrogens is 504 g/mol. The molecule has 1 N–H and O–H groups in total. The van der Waals surface area contributed by atoms with E-state index in [1.54, 1.807) is 19.2 Å². The maximum atomic E-state index is 13.2. The monoisotopic (exact) mass is 528 g/mol. The molecule has 0 amide bonds. The summed E-state index contributed by atoms with van der Waals surface area (Å²) in [6, 6.07) is 7.24. The summed E-state index contributed by atoms with van der Waals surface area (Å²) in [4.78, 5) is 35.7. The fourth-order valence-corrected chi connectivity index (χ4v) is 5.47. The molecule has 0 bridgehead atoms. The van der Waals surface area contributed by atoms with Gasteiger partial charge in [-0.3, -0.25) is 20.2 Å². The molecule has 0 unspecified atom stereocenters. The summed E-state index contributed by atoms with van der Waals surface area (Å²) in [5.74, 6) is 2.28. The Hall–Kier alpha value is -4.24. The average Bonchev–Trinajstić information content (AvgIpc) is 2.83. The number of nitrogens with one attached hydrogen (secondary N) is 1. The van der Waals surface area contributed by atoms with Crippen molar-refractivity contribution >= 4 is 38.9 Å². The number of piperazine rings is 1. The summed E-state index contributed by atoms with van der Waals surface area (Å²) >= 11 is 0. The van der Waals surface area contributed by atoms with Crippen molar-refractivity contribution in [2.45, 2.75) is 25.7 Å². The van der Waals surface area contributed by atoms with Gasteiger partial charge in [0.25, 0.3) is 11.4 Å². The third-order valence-corrected chi connectivity index (χ3v) is 7.79. The van der Waals surface area contributed by atoms with Crippen LogP contribution in [-0.4, -0.2) is 63.7 Å². The summed E-state index contributed by atoms with van der Waals surface area (Å²) in [5.41, 5.74) is -0.412. The molecule has 3 aromatic rings. The molecule has 2 aromatic heterocycles. The lowest BCUT2D eigenvalue weighted by atomic mass is 10.1. The van der Waals surface area contributed by atoms with E-state index in [0.717, 1.165) is 22.0 Å². The minimum atomic E-state index is -4.21. The van der Waals surface area contributed by atoms with Gasteiger partial charge in [-0.2, -0.15) is 4.31 Å². The highest BCUT2D eigenvalue weighted by atomic mass is 32.2. The maximum absolute atomic E-state index is 13.2. The van der Waals surface area contributed by atoms with Gasteiger partial charge in [0.2, 0.25) is 10.0 Å². The van der Waals surface area contributed by atoms with E-state index in [1.165, 1.54) is 6.92 Å². The van der Waals surface area contributed by atoms with Crippen molar-refractivity contribution in [3.8, 4) is 0 Å². The van der Waals surface area contributed by atoms with Crippen LogP contribution in [0.5, 0.6) is 0 Å². The minimum absolute atomic E-state index is 0.0586. The SMILES string of the molecule is Cc1ccnc(Nc2cc(N3CCN(S(=O)(=O)c4cc([N+](=O)[O-])c(C)c([N+](=O)[O-])c4)CC3)nc(C)n2)c1. The Balaban J connectivity index is 1.54. The fraction of sp³-hybridized carbons (Fsp3) is 0.318. The Labute approximate surface area is 212 Å². The first-order chi connectivity index (χ1) is 17.5. The van der Waals surface area contributed by atoms with E-state index in [9.17, 15) is 28.6 Å². The molecule has 1 aliphatic rings. The van der Waals surface area contributed by atoms with Gasteiger partial charge in [-0.05, 0) is 38.5 Å². The number of rotatable bonds is 7. The molecule has 1 aromatic carbocycles. The van der Waals surface area contributed by atoms with Crippen LogP contribution in [0.2, 0.25) is 0 Å². The van der Waals surface area contributed by atoms with Crippen molar-refractivity contribution in [3.05, 3.63) is 73.7 Å². The number of nitro groups is 2. The second-order valence-electron chi connectivity index (χ2n) is 8.49. The van der Waals surface area contributed by atoms with E-state index in [-0.39, 0.29) is 31.7 Å². The molecule has 0 radical (unpaired) electrons. The van der Waals surface area contributed by atoms with Gasteiger partial charge in [0.05, 0.1) is 14.7 Å². The van der Waals surface area contributed by atoms with Crippen LogP contribution in [0.3, 0.4) is 0 Å². The van der Waals surface area contributed by atoms with Crippen LogP contribution < -0.4 is 10.2 Å². The molecule has 0 aliphatic carbocycles. The standard InChI is InChI=1S/C22H24N8O6S/c1-14-4-5-23-20(10-14)26-21-13-22(25-16(3)24-21)27-6-8-28(9-7-27)37(35,36)17-11-18(29(31)32)15(2)19(12-17)30(33)34/h4-5,10-13H,6-9H2,1-3H3,(H,23,24,25,26). The summed E-state index contributed by atoms with van der Waals surface area (Å²) in [5, 5.41) is 25.9. The predicted octanol–water partition coefficient (Wildman–Crippen LogP) is 2.87. The predicted molar refractivity (Wildman–Crippen MR) is 134 cm³/mol. The molecule has 1 aliphatic heterocycles. The zero-order valence-electron chi connectivity index (χ0n) is 20.3. The largest absolute Gasteiger partial charge is 0.354 e. The Bertz CT molecular complexity index is 1450. The van der Waals surface area contributed by atoms with E-state index in [2.05, 4.69) is 20.3 Å². The number of pyridine rings is 1. The molecule has 0 saturated carbocycles. The lowest BCUT2D eigenvalue weighted by Crippen LogP contribution is -2.49. The lowest BCUT2D eigenvalue weighted by Gasteiger charge is -2.34. The van der Waals surface area contributed by atoms with Gasteiger partial charge in [-0.15, -0.1) is 0 Å². The average molecular weight is 529 g/mol. The van der Waals surface area contributed by atoms with Crippen molar-refractivity contribution in [1.29, 1.82) is 0 Å². The molecule has 37 heavy (non-hydrogen) atoms. The number of nitrogens with zero attached hydrogens (tertiary/aromatic N) is 7. The van der Waals surface area contributed by atoms with E-state index >= 15 is 0 Å². The Morgan fingerprint density at radius 2 is 1.51 bits per heavy atom. The summed E-state index contributed by atoms with van der Waals surface area (Å²) in [6.07, 6.45) is 1.68. The molecular formula is C22H24N8O6S. The van der Waals surface area contributed by atoms with Crippen LogP contribution in [0.15, 0.2) is 41.4 Å². The molecule has 1 saturated heterocycles. The van der Waals surface area contributed by atoms with Gasteiger partial charge in [0.15, 0.2) is 0 Å². The first-order valence-corrected chi connectivity index (χ1v) is 12.6. The number of benzene rings is 1. The highest BCUT2D eigenvalue weighted by molar-refractivity contribution is 7.89. The van der Waals surface area contributed by atoms with Crippen molar-refractivity contribution in [2.24, 2.45) is 0 Å². The highest BCUT2D eigenvalue weighted by Crippen LogP contribution is 2.33. The van der Waals surface area contributed by atoms with Crippen molar-refractivity contribution in [3.63, 3.8) is 0 Å². The number of hydrogen-bond acceptors (Lipinski definition) is 11. The quantitative estimate of drug-likeness (QED) is 0.352. The van der Waals surface area contributed by atoms with Crippen molar-refractivity contribution in [2.75, 3.05) is 36.4 Å². The molecule has 15 heteroatoms. The first kappa shape index (κ1) is 25.8. The van der Waals surface area contributed by atoms with Gasteiger partial charge in [-0.25, -0.2) is 23.4 Å². The Morgan fingerprint density at radius 3 is 2.08 bits per heavy atom. The minimum Gasteiger partial charge on any atom is -0.354 e. The lowest BCUT2D eigenvalue weighted by molar-refractivity contribution is -0.395. The Kier molecular flexibility index (Phi) is 7.00. The number of aromatic nitrogens is 3. The van der Waals surface area contributed by atoms with Crippen LogP contribution in [0.1, 0.15) is 17.0 Å². The van der Waals surface area contributed by atoms with Crippen LogP contribution in [0, 0.1) is 41.0 Å². The number of anilines is 3. The van der Waals surface area contributed by atoms with Gasteiger partial charge >= 0.3 is 0 Å². The van der Waals surface area contributed by atoms with Crippen LogP contribution in [-0.2, 0) is 10.0 Å². The van der Waals surface area contributed by atoms with Gasteiger partial charge < -0.3 is 10.2 Å². The first-order valence-electron chi connectivity index (χ1n) is 11.2. The number of aryl methyl sites for hydroxylation is 2. The Morgan fingerprint density at radius 1 is 0.892 bits per heavy atom. The van der Waals surface area contributed by atoms with Gasteiger partial charge in [0.1, 0.15) is 28.8 Å². The number of nitro benzene ring substituents is 2. The topological polar surface area (TPSA) is 178 Å². The van der Waals surface area contributed by atoms with Gasteiger partial charge in [0, 0.05) is 50.6 Å². The number of sulfonamides is 1. The molecule has 1 fully saturated rings. The third-order valence-electron chi connectivity index (χ3n) is 5.92. The molecule has 14 nitrogen and oxygen atoms in total. The fourth-order valence-electron chi connectivity index (χ4n) is 4.01. The highest BCUT2D eigenvalue weighted by Gasteiger charge is 2.33. The van der Waals surface area contributed by atoms with E-state index < -0.39 is 36.1 Å². The van der Waals surface area contributed by atoms with E-state index in [1.807, 2.05) is 24.0 Å². The summed E-state index contributed by atoms with van der Waals surface area (Å²) in [6.45, 7) is 5.60. The summed E-state index contributed by atoms with van der Waals surface area (Å²) < 4.78 is 27.7. The van der Waals surface area contributed by atoms with Crippen molar-refractivity contribution < 1.29 is 18.3 Å². The zero-order valence-corrected chi connectivity index (χ0v) is 21.1. The third kappa shape index (κ3) is 5.46. The maximum Gasteiger partial charge on any atom is 0.280 e. The smallest absolute Gasteiger partial charge is 0.280 e. The normalized spacial score (nSPS) is 14.4. The molecule has 3 heterocycles. The second-order valence-corrected chi connectivity index (χ2v) is 10.4. The van der Waals surface area contributed by atoms with Gasteiger partial charge in [-0.1, -0.05) is 0 Å². The van der Waals surface area contributed by atoms with Crippen LogP contribution in [0.4, 0.5) is 28.8 Å². The molecule has 0 atom stereocenters. The molecule has 0 spiro atoms. The van der Waals surface area contributed by atoms with Crippen LogP contribution >= 0.6 is 0 Å². The summed E-state index contributed by atoms with van der Waals surface area (Å²) in [7, 11) is -4.21. The molecule has 4 rings (SSSR count). The van der Waals surface area contributed by atoms with Crippen LogP contribution in [0.25, 0.3) is 0 Å². The van der Waals surface area contributed by atoms with E-state index in [0.29, 0.717) is 23.3 Å². The second kappa shape index (κ2) is 10.0.